The maximum atomic E-state index is 13.4. The van der Waals surface area contributed by atoms with Crippen LogP contribution in [-0.2, 0) is 46.3 Å². The third kappa shape index (κ3) is 16.2. The Labute approximate surface area is 416 Å². The van der Waals surface area contributed by atoms with Gasteiger partial charge < -0.3 is 40.5 Å². The van der Waals surface area contributed by atoms with Crippen LogP contribution >= 0.6 is 46.4 Å². The van der Waals surface area contributed by atoms with E-state index in [-0.39, 0.29) is 46.8 Å². The molecule has 7 rings (SSSR count). The molecule has 2 saturated heterocycles. The summed E-state index contributed by atoms with van der Waals surface area (Å²) >= 11 is 24.4. The Morgan fingerprint density at radius 1 is 0.662 bits per heavy atom. The third-order valence-corrected chi connectivity index (χ3v) is 13.0. The molecule has 0 aliphatic carbocycles. The molecule has 14 nitrogen and oxygen atoms in total. The zero-order chi connectivity index (χ0) is 49.3. The maximum absolute atomic E-state index is 13.4. The fourth-order valence-electron chi connectivity index (χ4n) is 7.83. The Morgan fingerprint density at radius 3 is 1.50 bits per heavy atom. The predicted molar refractivity (Wildman–Crippen MR) is 266 cm³/mol. The van der Waals surface area contributed by atoms with Crippen LogP contribution in [0.15, 0.2) is 109 Å². The Bertz CT molecular complexity index is 2460. The minimum atomic E-state index is -1.24. The summed E-state index contributed by atoms with van der Waals surface area (Å²) in [7, 11) is 3.64. The number of rotatable bonds is 15. The van der Waals surface area contributed by atoms with Gasteiger partial charge in [-0.15, -0.1) is 0 Å². The topological polar surface area (TPSA) is 183 Å². The molecule has 18 heteroatoms. The SMILES string of the molecule is CN(C(=O)Cc1cc(Cl)c(Cl)cc1N)[C@H](CN1CCCC1)c1ccccc1.CN(C(=O)Cc1cc(Cl)c(Cl)cc1NC(=O)/C=C\C(=O)O)[C@H](CN1CCCC1)c1ccccc1.O=C1C=CC(=O)O1. The van der Waals surface area contributed by atoms with Gasteiger partial charge in [0.05, 0.1) is 45.0 Å². The Balaban J connectivity index is 0.000000226. The van der Waals surface area contributed by atoms with Crippen LogP contribution in [0.2, 0.25) is 20.1 Å². The molecule has 4 aromatic rings. The van der Waals surface area contributed by atoms with Crippen molar-refractivity contribution in [2.24, 2.45) is 0 Å². The Kier molecular flexibility index (Phi) is 20.5. The summed E-state index contributed by atoms with van der Waals surface area (Å²) in [5.41, 5.74) is 10.2. The number of carboxylic acid groups (broad SMARTS) is 1. The first-order valence-electron chi connectivity index (χ1n) is 21.9. The van der Waals surface area contributed by atoms with Gasteiger partial charge in [-0.25, -0.2) is 14.4 Å². The van der Waals surface area contributed by atoms with Gasteiger partial charge in [-0.05, 0) is 98.4 Å². The fourth-order valence-corrected chi connectivity index (χ4v) is 8.54. The number of anilines is 2. The smallest absolute Gasteiger partial charge is 0.338 e. The molecule has 0 bridgehead atoms. The number of carbonyl (C=O) groups is 6. The summed E-state index contributed by atoms with van der Waals surface area (Å²) < 4.78 is 3.97. The lowest BCUT2D eigenvalue weighted by atomic mass is 10.0. The number of hydrogen-bond acceptors (Lipinski definition) is 10. The number of amides is 3. The molecule has 3 aliphatic heterocycles. The van der Waals surface area contributed by atoms with E-state index in [0.29, 0.717) is 32.5 Å². The predicted octanol–water partition coefficient (Wildman–Crippen LogP) is 8.45. The summed E-state index contributed by atoms with van der Waals surface area (Å²) in [5.74, 6) is -3.20. The van der Waals surface area contributed by atoms with Crippen molar-refractivity contribution in [3.05, 3.63) is 152 Å². The quantitative estimate of drug-likeness (QED) is 0.0450. The number of nitrogens with two attached hydrogens (primary N) is 1. The van der Waals surface area contributed by atoms with Crippen molar-refractivity contribution in [1.29, 1.82) is 0 Å². The van der Waals surface area contributed by atoms with Gasteiger partial charge in [0.25, 0.3) is 0 Å². The van der Waals surface area contributed by atoms with Crippen LogP contribution in [0, 0.1) is 0 Å². The summed E-state index contributed by atoms with van der Waals surface area (Å²) in [6, 6.07) is 26.2. The van der Waals surface area contributed by atoms with Gasteiger partial charge in [-0.1, -0.05) is 107 Å². The van der Waals surface area contributed by atoms with E-state index in [4.69, 9.17) is 57.2 Å². The first-order chi connectivity index (χ1) is 32.5. The van der Waals surface area contributed by atoms with E-state index < -0.39 is 23.8 Å². The molecule has 4 N–H and O–H groups in total. The first kappa shape index (κ1) is 53.2. The van der Waals surface area contributed by atoms with Gasteiger partial charge in [0, 0.05) is 62.9 Å². The van der Waals surface area contributed by atoms with E-state index in [0.717, 1.165) is 87.5 Å². The highest BCUT2D eigenvalue weighted by Crippen LogP contribution is 2.32. The largest absolute Gasteiger partial charge is 0.478 e. The summed E-state index contributed by atoms with van der Waals surface area (Å²) in [4.78, 5) is 77.4. The monoisotopic (exact) mass is 1010 g/mol. The van der Waals surface area contributed by atoms with E-state index >= 15 is 0 Å². The summed E-state index contributed by atoms with van der Waals surface area (Å²) in [6.45, 7) is 5.77. The van der Waals surface area contributed by atoms with Crippen molar-refractivity contribution in [3.8, 4) is 0 Å². The lowest BCUT2D eigenvalue weighted by molar-refractivity contribution is -0.150. The highest BCUT2D eigenvalue weighted by Gasteiger charge is 2.28. The number of benzene rings is 4. The van der Waals surface area contributed by atoms with Crippen LogP contribution < -0.4 is 11.1 Å². The number of likely N-dealkylation sites (N-methyl/N-ethyl adjacent to an activating group) is 2. The average Bonchev–Trinajstić information content (AvgIpc) is 4.12. The van der Waals surface area contributed by atoms with Crippen molar-refractivity contribution in [1.82, 2.24) is 19.6 Å². The molecule has 4 aromatic carbocycles. The van der Waals surface area contributed by atoms with E-state index in [1.807, 2.05) is 60.5 Å². The molecule has 2 atom stereocenters. The van der Waals surface area contributed by atoms with Gasteiger partial charge in [-0.3, -0.25) is 14.4 Å². The molecule has 2 fully saturated rings. The summed E-state index contributed by atoms with van der Waals surface area (Å²) in [6.07, 6.45) is 8.72. The lowest BCUT2D eigenvalue weighted by Gasteiger charge is -2.32. The van der Waals surface area contributed by atoms with Crippen molar-refractivity contribution in [3.63, 3.8) is 0 Å². The maximum Gasteiger partial charge on any atom is 0.338 e. The van der Waals surface area contributed by atoms with Crippen LogP contribution in [0.4, 0.5) is 11.4 Å². The van der Waals surface area contributed by atoms with Crippen LogP contribution in [-0.4, -0.2) is 114 Å². The van der Waals surface area contributed by atoms with E-state index in [1.54, 1.807) is 30.1 Å². The minimum absolute atomic E-state index is 0.000738. The molecular weight excluding hydrogens is 954 g/mol. The van der Waals surface area contributed by atoms with Crippen molar-refractivity contribution in [2.45, 2.75) is 50.6 Å². The molecule has 0 unspecified atom stereocenters. The number of carboxylic acids is 1. The fraction of sp³-hybridized carbons (Fsp3) is 0.320. The normalized spacial score (nSPS) is 15.4. The van der Waals surface area contributed by atoms with Gasteiger partial charge in [0.2, 0.25) is 17.7 Å². The molecule has 0 radical (unpaired) electrons. The average molecular weight is 1010 g/mol. The standard InChI is InChI=1S/C25H27Cl2N3O4.C21H25Cl2N3O.C4H2O3/c1-29(22(16-30-11-5-6-12-30)17-7-3-2-4-8-17)24(32)14-18-13-19(26)20(27)15-21(18)28-23(31)9-10-25(33)34;1-25(21(27)12-16-11-17(22)18(23)13-19(16)24)20(14-26-9-5-6-10-26)15-7-3-2-4-8-15;5-3-1-2-4(6)7-3/h2-4,7-10,13,15,22H,5-6,11-12,14,16H2,1H3,(H,28,31)(H,33,34);2-4,7-8,11,13,20H,5-6,9-10,12,14,24H2,1H3;1-2H/b10-9-;;/t22-;20-;/m11./s1. The highest BCUT2D eigenvalue weighted by atomic mass is 35.5. The number of aliphatic carboxylic acids is 1. The van der Waals surface area contributed by atoms with Gasteiger partial charge in [0.1, 0.15) is 0 Å². The number of nitrogens with one attached hydrogen (secondary N) is 1. The molecule has 3 aliphatic rings. The molecule has 0 saturated carbocycles. The number of nitrogens with zero attached hydrogens (tertiary/aromatic N) is 4. The van der Waals surface area contributed by atoms with Gasteiger partial charge >= 0.3 is 17.9 Å². The number of hydrogen-bond donors (Lipinski definition) is 3. The summed E-state index contributed by atoms with van der Waals surface area (Å²) in [5, 5.41) is 12.6. The van der Waals surface area contributed by atoms with Crippen LogP contribution in [0.5, 0.6) is 0 Å². The number of esters is 2. The van der Waals surface area contributed by atoms with Crippen LogP contribution in [0.1, 0.15) is 60.0 Å². The van der Waals surface area contributed by atoms with Gasteiger partial charge in [-0.2, -0.15) is 0 Å². The lowest BCUT2D eigenvalue weighted by Crippen LogP contribution is -2.39. The molecule has 360 valence electrons. The number of nitrogen functional groups attached to an aromatic ring is 1. The number of halogens is 4. The molecule has 0 spiro atoms. The molecule has 3 heterocycles. The zero-order valence-corrected chi connectivity index (χ0v) is 40.7. The second kappa shape index (κ2) is 26.1. The third-order valence-electron chi connectivity index (χ3n) is 11.6. The van der Waals surface area contributed by atoms with Crippen molar-refractivity contribution < 1.29 is 38.6 Å². The second-order valence-corrected chi connectivity index (χ2v) is 18.0. The van der Waals surface area contributed by atoms with Crippen LogP contribution in [0.3, 0.4) is 0 Å². The van der Waals surface area contributed by atoms with Crippen molar-refractivity contribution in [2.75, 3.05) is 64.4 Å². The zero-order valence-electron chi connectivity index (χ0n) is 37.7. The first-order valence-corrected chi connectivity index (χ1v) is 23.4. The second-order valence-electron chi connectivity index (χ2n) is 16.4. The van der Waals surface area contributed by atoms with E-state index in [2.05, 4.69) is 32.0 Å². The number of likely N-dealkylation sites (tertiary alicyclic amines) is 2. The number of carbonyl (C=O) groups excluding carboxylic acids is 5. The van der Waals surface area contributed by atoms with Crippen molar-refractivity contribution >= 4 is 93.4 Å². The number of cyclic esters (lactones) is 2. The molecule has 3 amide bonds. The Morgan fingerprint density at radius 2 is 1.07 bits per heavy atom. The van der Waals surface area contributed by atoms with E-state index in [1.165, 1.54) is 18.9 Å². The highest BCUT2D eigenvalue weighted by molar-refractivity contribution is 6.42. The Hall–Kier alpha value is -5.74. The minimum Gasteiger partial charge on any atom is -0.478 e. The molecular formula is C50H54Cl4N6O8. The molecule has 68 heavy (non-hydrogen) atoms. The number of ether oxygens (including phenoxy) is 1. The van der Waals surface area contributed by atoms with Gasteiger partial charge in [0.15, 0.2) is 0 Å². The van der Waals surface area contributed by atoms with Crippen LogP contribution in [0.25, 0.3) is 0 Å². The van der Waals surface area contributed by atoms with E-state index in [9.17, 15) is 28.8 Å². The molecule has 0 aromatic heterocycles.